The van der Waals surface area contributed by atoms with Crippen molar-refractivity contribution >= 4 is 11.7 Å². The van der Waals surface area contributed by atoms with Gasteiger partial charge in [0.15, 0.2) is 0 Å². The van der Waals surface area contributed by atoms with Gasteiger partial charge in [-0.3, -0.25) is 4.79 Å². The summed E-state index contributed by atoms with van der Waals surface area (Å²) >= 11 is 0. The highest BCUT2D eigenvalue weighted by Gasteiger charge is 2.24. The van der Waals surface area contributed by atoms with Crippen LogP contribution < -0.4 is 10.2 Å². The summed E-state index contributed by atoms with van der Waals surface area (Å²) in [5.41, 5.74) is 0.487. The molecule has 2 heterocycles. The Balaban J connectivity index is 1.72. The first-order valence-corrected chi connectivity index (χ1v) is 7.21. The zero-order valence-corrected chi connectivity index (χ0v) is 11.1. The Hall–Kier alpha value is -1.65. The number of nitrogens with one attached hydrogen (secondary N) is 1. The first-order valence-electron chi connectivity index (χ1n) is 7.21. The van der Waals surface area contributed by atoms with Crippen molar-refractivity contribution in [3.05, 3.63) is 18.1 Å². The maximum Gasteiger partial charge on any atom is 0.270 e. The zero-order valence-electron chi connectivity index (χ0n) is 11.1. The predicted octanol–water partition coefficient (Wildman–Crippen LogP) is 1.75. The van der Waals surface area contributed by atoms with Crippen LogP contribution in [0.2, 0.25) is 0 Å². The zero-order chi connectivity index (χ0) is 13.1. The Bertz CT molecular complexity index is 451. The van der Waals surface area contributed by atoms with Gasteiger partial charge in [-0.1, -0.05) is 12.8 Å². The lowest BCUT2D eigenvalue weighted by Crippen LogP contribution is -2.28. The molecule has 1 aromatic rings. The molecule has 2 fully saturated rings. The van der Waals surface area contributed by atoms with Crippen molar-refractivity contribution in [3.63, 3.8) is 0 Å². The van der Waals surface area contributed by atoms with Crippen molar-refractivity contribution in [1.29, 1.82) is 0 Å². The normalized spacial score (nSPS) is 19.9. The molecular weight excluding hydrogens is 240 g/mol. The third kappa shape index (κ3) is 3.22. The van der Waals surface area contributed by atoms with Crippen LogP contribution in [0.4, 0.5) is 5.82 Å². The Labute approximate surface area is 113 Å². The van der Waals surface area contributed by atoms with Crippen LogP contribution in [0.3, 0.4) is 0 Å². The number of hydrogen-bond donors (Lipinski definition) is 1. The van der Waals surface area contributed by atoms with Crippen molar-refractivity contribution in [2.24, 2.45) is 0 Å². The lowest BCUT2D eigenvalue weighted by atomic mass is 10.2. The molecule has 1 amide bonds. The molecular formula is C14H20N4O. The van der Waals surface area contributed by atoms with E-state index in [1.54, 1.807) is 0 Å². The predicted molar refractivity (Wildman–Crippen MR) is 73.2 cm³/mol. The van der Waals surface area contributed by atoms with Gasteiger partial charge >= 0.3 is 0 Å². The summed E-state index contributed by atoms with van der Waals surface area (Å²) in [7, 11) is 0. The number of nitrogens with zero attached hydrogens (tertiary/aromatic N) is 3. The minimum atomic E-state index is -0.0685. The molecule has 0 aromatic carbocycles. The van der Waals surface area contributed by atoms with Crippen LogP contribution in [0.25, 0.3) is 0 Å². The lowest BCUT2D eigenvalue weighted by Gasteiger charge is -2.21. The Kier molecular flexibility index (Phi) is 3.62. The van der Waals surface area contributed by atoms with Crippen molar-refractivity contribution in [2.75, 3.05) is 18.0 Å². The monoisotopic (exact) mass is 260 g/mol. The molecule has 1 aliphatic heterocycles. The second kappa shape index (κ2) is 5.55. The highest BCUT2D eigenvalue weighted by molar-refractivity contribution is 5.93. The molecule has 0 radical (unpaired) electrons. The van der Waals surface area contributed by atoms with Crippen LogP contribution in [0.15, 0.2) is 12.4 Å². The van der Waals surface area contributed by atoms with E-state index in [0.29, 0.717) is 11.7 Å². The molecule has 102 valence electrons. The van der Waals surface area contributed by atoms with E-state index in [2.05, 4.69) is 20.2 Å². The summed E-state index contributed by atoms with van der Waals surface area (Å²) in [6.45, 7) is 2.06. The molecule has 1 aromatic heterocycles. The van der Waals surface area contributed by atoms with Crippen LogP contribution >= 0.6 is 0 Å². The highest BCUT2D eigenvalue weighted by Crippen LogP contribution is 2.20. The highest BCUT2D eigenvalue weighted by atomic mass is 16.2. The minimum absolute atomic E-state index is 0.0685. The first-order chi connectivity index (χ1) is 9.33. The molecule has 0 unspecified atom stereocenters. The second-order valence-corrected chi connectivity index (χ2v) is 5.41. The van der Waals surface area contributed by atoms with Crippen molar-refractivity contribution in [2.45, 2.75) is 44.6 Å². The first kappa shape index (κ1) is 12.4. The van der Waals surface area contributed by atoms with Crippen LogP contribution in [-0.4, -0.2) is 35.0 Å². The van der Waals surface area contributed by atoms with Crippen LogP contribution in [0, 0.1) is 0 Å². The average molecular weight is 260 g/mol. The van der Waals surface area contributed by atoms with E-state index in [4.69, 9.17) is 0 Å². The number of rotatable bonds is 3. The summed E-state index contributed by atoms with van der Waals surface area (Å²) in [4.78, 5) is 22.6. The van der Waals surface area contributed by atoms with Gasteiger partial charge in [0.1, 0.15) is 17.8 Å². The summed E-state index contributed by atoms with van der Waals surface area (Å²) in [5, 5.41) is 2.96. The second-order valence-electron chi connectivity index (χ2n) is 5.41. The van der Waals surface area contributed by atoms with Gasteiger partial charge in [-0.25, -0.2) is 9.97 Å². The average Bonchev–Trinajstić information content (AvgIpc) is 3.25. The van der Waals surface area contributed by atoms with E-state index in [1.165, 1.54) is 32.0 Å². The Morgan fingerprint density at radius 2 is 1.89 bits per heavy atom. The molecule has 2 aliphatic rings. The van der Waals surface area contributed by atoms with Crippen molar-refractivity contribution in [1.82, 2.24) is 15.3 Å². The van der Waals surface area contributed by atoms with Gasteiger partial charge in [0.2, 0.25) is 0 Å². The van der Waals surface area contributed by atoms with Gasteiger partial charge in [-0.2, -0.15) is 0 Å². The number of hydrogen-bond acceptors (Lipinski definition) is 4. The maximum absolute atomic E-state index is 12.0. The molecule has 3 rings (SSSR count). The van der Waals surface area contributed by atoms with E-state index in [-0.39, 0.29) is 5.91 Å². The molecule has 1 saturated heterocycles. The van der Waals surface area contributed by atoms with Gasteiger partial charge in [0.25, 0.3) is 5.91 Å². The number of anilines is 1. The lowest BCUT2D eigenvalue weighted by molar-refractivity contribution is 0.0946. The third-order valence-electron chi connectivity index (χ3n) is 3.73. The molecule has 1 saturated carbocycles. The molecule has 0 bridgehead atoms. The van der Waals surface area contributed by atoms with E-state index in [0.717, 1.165) is 31.7 Å². The molecule has 5 heteroatoms. The quantitative estimate of drug-likeness (QED) is 0.899. The minimum Gasteiger partial charge on any atom is -0.357 e. The topological polar surface area (TPSA) is 58.1 Å². The van der Waals surface area contributed by atoms with Gasteiger partial charge in [-0.15, -0.1) is 0 Å². The van der Waals surface area contributed by atoms with Crippen LogP contribution in [0.1, 0.15) is 49.0 Å². The van der Waals surface area contributed by atoms with E-state index >= 15 is 0 Å². The third-order valence-corrected chi connectivity index (χ3v) is 3.73. The standard InChI is InChI=1S/C14H20N4O/c19-14(17-11-5-6-11)12-9-13(16-10-15-12)18-7-3-1-2-4-8-18/h9-11H,1-8H2,(H,17,19). The number of aromatic nitrogens is 2. The Morgan fingerprint density at radius 1 is 1.16 bits per heavy atom. The fourth-order valence-electron chi connectivity index (χ4n) is 2.43. The molecule has 0 spiro atoms. The van der Waals surface area contributed by atoms with Gasteiger partial charge in [0.05, 0.1) is 0 Å². The maximum atomic E-state index is 12.0. The fourth-order valence-corrected chi connectivity index (χ4v) is 2.43. The van der Waals surface area contributed by atoms with Gasteiger partial charge in [0, 0.05) is 25.2 Å². The van der Waals surface area contributed by atoms with Crippen LogP contribution in [0.5, 0.6) is 0 Å². The molecule has 19 heavy (non-hydrogen) atoms. The fraction of sp³-hybridized carbons (Fsp3) is 0.643. The number of amides is 1. The molecule has 0 atom stereocenters. The smallest absolute Gasteiger partial charge is 0.270 e. The number of carbonyl (C=O) groups excluding carboxylic acids is 1. The van der Waals surface area contributed by atoms with Crippen LogP contribution in [-0.2, 0) is 0 Å². The summed E-state index contributed by atoms with van der Waals surface area (Å²) < 4.78 is 0. The largest absolute Gasteiger partial charge is 0.357 e. The summed E-state index contributed by atoms with van der Waals surface area (Å²) in [5.74, 6) is 0.818. The van der Waals surface area contributed by atoms with Crippen molar-refractivity contribution < 1.29 is 4.79 Å². The summed E-state index contributed by atoms with van der Waals surface area (Å²) in [6.07, 6.45) is 8.67. The van der Waals surface area contributed by atoms with Gasteiger partial charge in [-0.05, 0) is 25.7 Å². The Morgan fingerprint density at radius 3 is 2.58 bits per heavy atom. The summed E-state index contributed by atoms with van der Waals surface area (Å²) in [6, 6.07) is 2.19. The number of carbonyl (C=O) groups is 1. The van der Waals surface area contributed by atoms with E-state index in [1.807, 2.05) is 6.07 Å². The van der Waals surface area contributed by atoms with Gasteiger partial charge < -0.3 is 10.2 Å². The van der Waals surface area contributed by atoms with E-state index < -0.39 is 0 Å². The molecule has 1 N–H and O–H groups in total. The molecule has 1 aliphatic carbocycles. The van der Waals surface area contributed by atoms with E-state index in [9.17, 15) is 4.79 Å². The molecule has 5 nitrogen and oxygen atoms in total. The van der Waals surface area contributed by atoms with Crippen molar-refractivity contribution in [3.8, 4) is 0 Å². The SMILES string of the molecule is O=C(NC1CC1)c1cc(N2CCCCCC2)ncn1.